The molecule has 2 heterocycles. The van der Waals surface area contributed by atoms with E-state index < -0.39 is 0 Å². The standard InChI is InChI=1S/C16H20NO3S/c18-14-11-17(12-14)16(19)5-7-20-8-10-21-9-6-13-3-1-2-4-15(13)21/h1-4,6,9,14,18H,5,7-8,10-12H2/q+1. The third kappa shape index (κ3) is 3.43. The maximum Gasteiger partial charge on any atom is 0.225 e. The molecule has 1 aliphatic rings. The van der Waals surface area contributed by atoms with E-state index in [-0.39, 0.29) is 22.5 Å². The van der Waals surface area contributed by atoms with Crippen LogP contribution < -0.4 is 0 Å². The second-order valence-corrected chi connectivity index (χ2v) is 7.27. The number of fused-ring (bicyclic) bond motifs is 1. The van der Waals surface area contributed by atoms with E-state index in [9.17, 15) is 4.79 Å². The summed E-state index contributed by atoms with van der Waals surface area (Å²) in [7, 11) is 0.146. The van der Waals surface area contributed by atoms with Crippen molar-refractivity contribution in [2.75, 3.05) is 26.3 Å². The minimum absolute atomic E-state index is 0.0776. The number of hydrogen-bond donors (Lipinski definition) is 1. The van der Waals surface area contributed by atoms with Gasteiger partial charge in [-0.1, -0.05) is 12.1 Å². The van der Waals surface area contributed by atoms with E-state index >= 15 is 0 Å². The summed E-state index contributed by atoms with van der Waals surface area (Å²) >= 11 is 0. The Morgan fingerprint density at radius 3 is 2.90 bits per heavy atom. The van der Waals surface area contributed by atoms with Gasteiger partial charge in [0.1, 0.15) is 5.38 Å². The summed E-state index contributed by atoms with van der Waals surface area (Å²) in [6.07, 6.45) is 0.0812. The van der Waals surface area contributed by atoms with Gasteiger partial charge in [-0.2, -0.15) is 0 Å². The number of benzene rings is 1. The SMILES string of the molecule is O=C(CCOCC[s+]1ccc2ccccc21)N1CC(O)C1. The molecule has 0 radical (unpaired) electrons. The van der Waals surface area contributed by atoms with Gasteiger partial charge < -0.3 is 14.7 Å². The lowest BCUT2D eigenvalue weighted by Gasteiger charge is -2.35. The molecule has 5 heteroatoms. The van der Waals surface area contributed by atoms with Gasteiger partial charge in [0.05, 0.1) is 25.7 Å². The minimum Gasteiger partial charge on any atom is -0.389 e. The molecular weight excluding hydrogens is 286 g/mol. The van der Waals surface area contributed by atoms with Crippen LogP contribution in [0.5, 0.6) is 0 Å². The van der Waals surface area contributed by atoms with Gasteiger partial charge in [0.2, 0.25) is 5.91 Å². The molecule has 1 aromatic heterocycles. The van der Waals surface area contributed by atoms with Crippen molar-refractivity contribution in [3.63, 3.8) is 0 Å². The van der Waals surface area contributed by atoms with Crippen LogP contribution >= 0.6 is 10.5 Å². The number of nitrogens with zero attached hydrogens (tertiary/aromatic N) is 1. The van der Waals surface area contributed by atoms with E-state index in [0.29, 0.717) is 32.7 Å². The molecule has 2 aromatic rings. The molecule has 1 unspecified atom stereocenters. The van der Waals surface area contributed by atoms with Crippen molar-refractivity contribution in [1.82, 2.24) is 4.90 Å². The number of amides is 1. The summed E-state index contributed by atoms with van der Waals surface area (Å²) in [5, 5.41) is 12.7. The molecule has 112 valence electrons. The highest BCUT2D eigenvalue weighted by Crippen LogP contribution is 2.31. The molecule has 1 amide bonds. The van der Waals surface area contributed by atoms with Crippen LogP contribution in [0.2, 0.25) is 0 Å². The molecule has 1 fully saturated rings. The molecule has 1 aliphatic heterocycles. The van der Waals surface area contributed by atoms with Crippen molar-refractivity contribution in [1.29, 1.82) is 0 Å². The number of β-amino-alcohol motifs (C(OH)–C–C–N with tert-alkyl or cyclic N) is 1. The first-order chi connectivity index (χ1) is 10.2. The predicted molar refractivity (Wildman–Crippen MR) is 84.4 cm³/mol. The first-order valence-electron chi connectivity index (χ1n) is 7.24. The second kappa shape index (κ2) is 6.56. The lowest BCUT2D eigenvalue weighted by Crippen LogP contribution is -2.53. The highest BCUT2D eigenvalue weighted by Gasteiger charge is 2.28. The number of ether oxygens (including phenoxy) is 1. The molecule has 0 spiro atoms. The topological polar surface area (TPSA) is 49.8 Å². The summed E-state index contributed by atoms with van der Waals surface area (Å²) < 4.78 is 6.99. The van der Waals surface area contributed by atoms with Gasteiger partial charge in [-0.15, -0.1) is 0 Å². The van der Waals surface area contributed by atoms with E-state index in [0.717, 1.165) is 5.75 Å². The normalized spacial score (nSPS) is 16.2. The van der Waals surface area contributed by atoms with Gasteiger partial charge in [0, 0.05) is 24.5 Å². The lowest BCUT2D eigenvalue weighted by atomic mass is 10.1. The van der Waals surface area contributed by atoms with Crippen LogP contribution in [0.4, 0.5) is 0 Å². The number of carbonyl (C=O) groups excluding carboxylic acids is 1. The van der Waals surface area contributed by atoms with E-state index in [4.69, 9.17) is 9.84 Å². The van der Waals surface area contributed by atoms with Crippen LogP contribution in [0.15, 0.2) is 35.7 Å². The van der Waals surface area contributed by atoms with Gasteiger partial charge in [-0.3, -0.25) is 4.79 Å². The Bertz CT molecular complexity index is 619. The molecule has 0 aliphatic carbocycles. The number of thiophene rings is 1. The van der Waals surface area contributed by atoms with Crippen LogP contribution in [0.1, 0.15) is 6.42 Å². The fourth-order valence-electron chi connectivity index (χ4n) is 2.49. The average molecular weight is 306 g/mol. The fraction of sp³-hybridized carbons (Fsp3) is 0.438. The molecule has 1 atom stereocenters. The van der Waals surface area contributed by atoms with Crippen molar-refractivity contribution >= 4 is 26.5 Å². The Balaban J connectivity index is 1.37. The molecule has 1 saturated heterocycles. The van der Waals surface area contributed by atoms with Crippen LogP contribution in [-0.2, 0) is 15.3 Å². The smallest absolute Gasteiger partial charge is 0.225 e. The summed E-state index contributed by atoms with van der Waals surface area (Å²) in [6.45, 7) is 2.10. The Morgan fingerprint density at radius 1 is 1.29 bits per heavy atom. The van der Waals surface area contributed by atoms with Gasteiger partial charge in [-0.25, -0.2) is 0 Å². The number of hydrogen-bond acceptors (Lipinski definition) is 3. The maximum absolute atomic E-state index is 11.7. The van der Waals surface area contributed by atoms with Crippen LogP contribution in [0.25, 0.3) is 10.1 Å². The van der Waals surface area contributed by atoms with E-state index in [1.165, 1.54) is 10.1 Å². The zero-order valence-corrected chi connectivity index (χ0v) is 12.7. The molecule has 21 heavy (non-hydrogen) atoms. The van der Waals surface area contributed by atoms with Gasteiger partial charge in [0.15, 0.2) is 10.5 Å². The lowest BCUT2D eigenvalue weighted by molar-refractivity contribution is -0.142. The van der Waals surface area contributed by atoms with E-state index in [1.54, 1.807) is 4.90 Å². The Morgan fingerprint density at radius 2 is 2.10 bits per heavy atom. The molecule has 4 nitrogen and oxygen atoms in total. The zero-order chi connectivity index (χ0) is 14.7. The van der Waals surface area contributed by atoms with E-state index in [1.807, 2.05) is 0 Å². The zero-order valence-electron chi connectivity index (χ0n) is 11.9. The largest absolute Gasteiger partial charge is 0.389 e. The van der Waals surface area contributed by atoms with Crippen molar-refractivity contribution in [2.45, 2.75) is 18.3 Å². The molecule has 1 aromatic carbocycles. The predicted octanol–water partition coefficient (Wildman–Crippen LogP) is 2.20. The number of carbonyl (C=O) groups is 1. The van der Waals surface area contributed by atoms with Crippen LogP contribution in [0.3, 0.4) is 0 Å². The third-order valence-corrected chi connectivity index (χ3v) is 5.74. The van der Waals surface area contributed by atoms with Crippen molar-refractivity contribution < 1.29 is 14.6 Å². The molecule has 1 N–H and O–H groups in total. The first kappa shape index (κ1) is 14.5. The molecular formula is C16H20NO3S+. The Hall–Kier alpha value is -1.43. The maximum atomic E-state index is 11.7. The number of aliphatic hydroxyl groups is 1. The average Bonchev–Trinajstić information content (AvgIpc) is 2.87. The quantitative estimate of drug-likeness (QED) is 0.657. The minimum atomic E-state index is -0.328. The van der Waals surface area contributed by atoms with Crippen molar-refractivity contribution in [2.24, 2.45) is 0 Å². The summed E-state index contributed by atoms with van der Waals surface area (Å²) in [5.41, 5.74) is 0. The number of aliphatic hydroxyl groups excluding tert-OH is 1. The number of likely N-dealkylation sites (tertiary alicyclic amines) is 1. The summed E-state index contributed by atoms with van der Waals surface area (Å²) in [4.78, 5) is 13.4. The van der Waals surface area contributed by atoms with Crippen molar-refractivity contribution in [3.05, 3.63) is 35.7 Å². The molecule has 0 saturated carbocycles. The second-order valence-electron chi connectivity index (χ2n) is 5.29. The fourth-order valence-corrected chi connectivity index (χ4v) is 4.29. The summed E-state index contributed by atoms with van der Waals surface area (Å²) in [5.74, 6) is 1.05. The van der Waals surface area contributed by atoms with Gasteiger partial charge >= 0.3 is 0 Å². The van der Waals surface area contributed by atoms with Crippen LogP contribution in [-0.4, -0.2) is 48.3 Å². The van der Waals surface area contributed by atoms with Crippen LogP contribution in [0, 0.1) is 0 Å². The monoisotopic (exact) mass is 306 g/mol. The third-order valence-electron chi connectivity index (χ3n) is 3.74. The number of rotatable bonds is 6. The van der Waals surface area contributed by atoms with E-state index in [2.05, 4.69) is 35.7 Å². The van der Waals surface area contributed by atoms with Crippen molar-refractivity contribution in [3.8, 4) is 0 Å². The Labute approximate surface area is 126 Å². The van der Waals surface area contributed by atoms with Gasteiger partial charge in [-0.05, 0) is 22.6 Å². The highest BCUT2D eigenvalue weighted by atomic mass is 32.2. The molecule has 0 bridgehead atoms. The highest BCUT2D eigenvalue weighted by molar-refractivity contribution is 7.35. The molecule has 3 rings (SSSR count). The Kier molecular flexibility index (Phi) is 4.53. The van der Waals surface area contributed by atoms with Gasteiger partial charge in [0.25, 0.3) is 0 Å². The first-order valence-corrected chi connectivity index (χ1v) is 8.70. The summed E-state index contributed by atoms with van der Waals surface area (Å²) in [6, 6.07) is 10.6.